The Morgan fingerprint density at radius 1 is 1.22 bits per heavy atom. The van der Waals surface area contributed by atoms with Gasteiger partial charge in [0, 0.05) is 6.04 Å². The zero-order chi connectivity index (χ0) is 19.7. The van der Waals surface area contributed by atoms with Crippen molar-refractivity contribution in [3.8, 4) is 5.75 Å². The molecule has 1 fully saturated rings. The van der Waals surface area contributed by atoms with Gasteiger partial charge in [-0.15, -0.1) is 11.3 Å². The van der Waals surface area contributed by atoms with Gasteiger partial charge in [-0.05, 0) is 36.7 Å². The lowest BCUT2D eigenvalue weighted by molar-refractivity contribution is 0.408. The molecule has 0 radical (unpaired) electrons. The molecule has 0 unspecified atom stereocenters. The van der Waals surface area contributed by atoms with Gasteiger partial charge in [0.05, 0.1) is 28.2 Å². The fraction of sp³-hybridized carbons (Fsp3) is 0.412. The Labute approximate surface area is 168 Å². The Hall–Kier alpha value is -1.13. The summed E-state index contributed by atoms with van der Waals surface area (Å²) in [5.41, 5.74) is 0.970. The monoisotopic (exact) mass is 449 g/mol. The van der Waals surface area contributed by atoms with Gasteiger partial charge < -0.3 is 10.1 Å². The van der Waals surface area contributed by atoms with Crippen LogP contribution in [0.25, 0.3) is 0 Å². The fourth-order valence-electron chi connectivity index (χ4n) is 3.21. The van der Waals surface area contributed by atoms with Crippen molar-refractivity contribution in [1.82, 2.24) is 5.32 Å². The number of ether oxygens (including phenoxy) is 1. The molecule has 0 saturated carbocycles. The van der Waals surface area contributed by atoms with Crippen LogP contribution in [0.15, 0.2) is 40.6 Å². The van der Waals surface area contributed by atoms with E-state index in [9.17, 15) is 16.8 Å². The molecule has 0 spiro atoms. The highest BCUT2D eigenvalue weighted by atomic mass is 35.5. The Morgan fingerprint density at radius 3 is 2.63 bits per heavy atom. The zero-order valence-electron chi connectivity index (χ0n) is 14.6. The van der Waals surface area contributed by atoms with Gasteiger partial charge in [0.15, 0.2) is 19.7 Å². The third-order valence-electron chi connectivity index (χ3n) is 4.52. The van der Waals surface area contributed by atoms with E-state index in [1.54, 1.807) is 7.11 Å². The van der Waals surface area contributed by atoms with Crippen molar-refractivity contribution in [3.05, 3.63) is 46.3 Å². The molecule has 1 aromatic carbocycles. The van der Waals surface area contributed by atoms with Crippen molar-refractivity contribution in [3.63, 3.8) is 0 Å². The Balaban J connectivity index is 1.75. The first kappa shape index (κ1) is 20.6. The number of hydrogen-bond acceptors (Lipinski definition) is 7. The van der Waals surface area contributed by atoms with Crippen LogP contribution >= 0.6 is 22.9 Å². The van der Waals surface area contributed by atoms with Gasteiger partial charge in [-0.1, -0.05) is 29.8 Å². The molecule has 10 heteroatoms. The summed E-state index contributed by atoms with van der Waals surface area (Å²) in [6, 6.07) is 9.82. The van der Waals surface area contributed by atoms with Gasteiger partial charge in [0.1, 0.15) is 9.96 Å². The van der Waals surface area contributed by atoms with E-state index in [1.807, 2.05) is 24.3 Å². The molecule has 6 nitrogen and oxygen atoms in total. The van der Waals surface area contributed by atoms with Crippen LogP contribution in [0.1, 0.15) is 5.56 Å². The Morgan fingerprint density at radius 2 is 1.96 bits per heavy atom. The minimum atomic E-state index is -3.78. The molecule has 0 amide bonds. The van der Waals surface area contributed by atoms with Gasteiger partial charge in [0.25, 0.3) is 0 Å². The van der Waals surface area contributed by atoms with Gasteiger partial charge in [-0.3, -0.25) is 0 Å². The predicted octanol–water partition coefficient (Wildman–Crippen LogP) is 2.18. The topological polar surface area (TPSA) is 89.5 Å². The molecule has 2 atom stereocenters. The summed E-state index contributed by atoms with van der Waals surface area (Å²) in [4.78, 5) is 0. The summed E-state index contributed by atoms with van der Waals surface area (Å²) >= 11 is 6.80. The molecule has 1 N–H and O–H groups in total. The standard InChI is InChI=1S/C17H20ClNO5S3/c1-24-14-5-3-2-4-12(14)8-9-19-13-10-26(20,21)11-15(13)27(22,23)17-7-6-16(18)25-17/h2-7,13,15,19H,8-11H2,1H3/t13-,15-/m0/s1. The average Bonchev–Trinajstić information content (AvgIpc) is 3.19. The lowest BCUT2D eigenvalue weighted by atomic mass is 10.1. The first-order valence-corrected chi connectivity index (χ1v) is 12.8. The predicted molar refractivity (Wildman–Crippen MR) is 107 cm³/mol. The molecule has 3 rings (SSSR count). The van der Waals surface area contributed by atoms with E-state index in [0.29, 0.717) is 17.3 Å². The molecule has 148 valence electrons. The highest BCUT2D eigenvalue weighted by Gasteiger charge is 2.46. The van der Waals surface area contributed by atoms with Crippen molar-refractivity contribution in [1.29, 1.82) is 0 Å². The highest BCUT2D eigenvalue weighted by Crippen LogP contribution is 2.32. The fourth-order valence-corrected chi connectivity index (χ4v) is 9.64. The van der Waals surface area contributed by atoms with E-state index >= 15 is 0 Å². The molecule has 2 aromatic rings. The van der Waals surface area contributed by atoms with Crippen molar-refractivity contribution >= 4 is 42.6 Å². The second-order valence-corrected chi connectivity index (χ2v) is 12.6. The minimum absolute atomic E-state index is 0.103. The smallest absolute Gasteiger partial charge is 0.193 e. The largest absolute Gasteiger partial charge is 0.496 e. The highest BCUT2D eigenvalue weighted by molar-refractivity contribution is 7.97. The molecule has 0 aliphatic carbocycles. The average molecular weight is 450 g/mol. The van der Waals surface area contributed by atoms with Crippen LogP contribution in [0.3, 0.4) is 0 Å². The second-order valence-electron chi connectivity index (χ2n) is 6.34. The van der Waals surface area contributed by atoms with Gasteiger partial charge >= 0.3 is 0 Å². The summed E-state index contributed by atoms with van der Waals surface area (Å²) in [6.07, 6.45) is 0.595. The van der Waals surface area contributed by atoms with Crippen LogP contribution in [0, 0.1) is 0 Å². The number of rotatable bonds is 7. The Kier molecular flexibility index (Phi) is 6.17. The van der Waals surface area contributed by atoms with Crippen molar-refractivity contribution in [2.45, 2.75) is 21.9 Å². The van der Waals surface area contributed by atoms with Crippen molar-refractivity contribution < 1.29 is 21.6 Å². The maximum Gasteiger partial charge on any atom is 0.193 e. The van der Waals surface area contributed by atoms with Gasteiger partial charge in [0.2, 0.25) is 0 Å². The SMILES string of the molecule is COc1ccccc1CCN[C@H]1CS(=O)(=O)C[C@@H]1S(=O)(=O)c1ccc(Cl)s1. The molecule has 0 bridgehead atoms. The van der Waals surface area contributed by atoms with Crippen molar-refractivity contribution in [2.24, 2.45) is 0 Å². The summed E-state index contributed by atoms with van der Waals surface area (Å²) in [5.74, 6) is 0.176. The summed E-state index contributed by atoms with van der Waals surface area (Å²) in [6.45, 7) is 0.442. The number of para-hydroxylation sites is 1. The molecule has 1 aliphatic heterocycles. The van der Waals surface area contributed by atoms with Crippen LogP contribution in [0.2, 0.25) is 4.34 Å². The minimum Gasteiger partial charge on any atom is -0.496 e. The molecule has 27 heavy (non-hydrogen) atoms. The van der Waals surface area contributed by atoms with E-state index in [2.05, 4.69) is 5.32 Å². The van der Waals surface area contributed by atoms with E-state index in [0.717, 1.165) is 22.6 Å². The molecular formula is C17H20ClNO5S3. The van der Waals surface area contributed by atoms with Crippen LogP contribution in [-0.4, -0.2) is 53.3 Å². The van der Waals surface area contributed by atoms with Crippen molar-refractivity contribution in [2.75, 3.05) is 25.2 Å². The van der Waals surface area contributed by atoms with Crippen LogP contribution in [-0.2, 0) is 26.1 Å². The quantitative estimate of drug-likeness (QED) is 0.696. The van der Waals surface area contributed by atoms with E-state index < -0.39 is 31.0 Å². The molecular weight excluding hydrogens is 430 g/mol. The van der Waals surface area contributed by atoms with E-state index in [-0.39, 0.29) is 15.7 Å². The molecule has 1 aliphatic rings. The number of halogens is 1. The van der Waals surface area contributed by atoms with Gasteiger partial charge in [-0.2, -0.15) is 0 Å². The molecule has 1 saturated heterocycles. The third-order valence-corrected chi connectivity index (χ3v) is 10.4. The van der Waals surface area contributed by atoms with Crippen LogP contribution in [0.4, 0.5) is 0 Å². The maximum absolute atomic E-state index is 12.9. The maximum atomic E-state index is 12.9. The van der Waals surface area contributed by atoms with E-state index in [1.165, 1.54) is 12.1 Å². The Bertz CT molecular complexity index is 1020. The van der Waals surface area contributed by atoms with Gasteiger partial charge in [-0.25, -0.2) is 16.8 Å². The van der Waals surface area contributed by atoms with E-state index in [4.69, 9.17) is 16.3 Å². The summed E-state index contributed by atoms with van der Waals surface area (Å²) in [7, 11) is -5.62. The zero-order valence-corrected chi connectivity index (χ0v) is 17.8. The summed E-state index contributed by atoms with van der Waals surface area (Å²) in [5, 5.41) is 2.11. The number of hydrogen-bond donors (Lipinski definition) is 1. The summed E-state index contributed by atoms with van der Waals surface area (Å²) < 4.78 is 55.8. The second kappa shape index (κ2) is 8.08. The first-order valence-electron chi connectivity index (χ1n) is 8.28. The number of nitrogens with one attached hydrogen (secondary N) is 1. The third kappa shape index (κ3) is 4.65. The normalized spacial score (nSPS) is 22.0. The number of benzene rings is 1. The molecule has 2 heterocycles. The number of thiophene rings is 1. The first-order chi connectivity index (χ1) is 12.7. The number of sulfone groups is 2. The lowest BCUT2D eigenvalue weighted by Crippen LogP contribution is -2.43. The number of methoxy groups -OCH3 is 1. The molecule has 1 aromatic heterocycles. The van der Waals surface area contributed by atoms with Crippen LogP contribution < -0.4 is 10.1 Å². The van der Waals surface area contributed by atoms with Crippen LogP contribution in [0.5, 0.6) is 5.75 Å². The lowest BCUT2D eigenvalue weighted by Gasteiger charge is -2.19.